The predicted molar refractivity (Wildman–Crippen MR) is 145 cm³/mol. The number of hydrogen-bond acceptors (Lipinski definition) is 5. The van der Waals surface area contributed by atoms with Crippen LogP contribution >= 0.6 is 31.9 Å². The SMILES string of the molecule is CCOc1c(Br)cn2cc(C3CCOCC3)nc2c1F.O=c1c(Br)cn2cc(C3CCOCC3)[nH]c2c1F. The second-order valence-electron chi connectivity index (χ2n) is 9.31. The Labute approximate surface area is 234 Å². The van der Waals surface area contributed by atoms with Crippen LogP contribution in [0.1, 0.15) is 55.8 Å². The van der Waals surface area contributed by atoms with Gasteiger partial charge in [0, 0.05) is 68.7 Å². The van der Waals surface area contributed by atoms with E-state index in [0.717, 1.165) is 63.5 Å². The number of aromatic amines is 1. The second-order valence-corrected chi connectivity index (χ2v) is 11.0. The lowest BCUT2D eigenvalue weighted by Crippen LogP contribution is -2.14. The van der Waals surface area contributed by atoms with Gasteiger partial charge >= 0.3 is 0 Å². The van der Waals surface area contributed by atoms with Gasteiger partial charge in [0.1, 0.15) is 0 Å². The van der Waals surface area contributed by atoms with Gasteiger partial charge in [-0.05, 0) is 64.5 Å². The van der Waals surface area contributed by atoms with Crippen LogP contribution < -0.4 is 10.2 Å². The summed E-state index contributed by atoms with van der Waals surface area (Å²) in [5.74, 6) is -0.254. The highest BCUT2D eigenvalue weighted by molar-refractivity contribution is 9.10. The van der Waals surface area contributed by atoms with E-state index in [9.17, 15) is 13.6 Å². The number of fused-ring (bicyclic) bond motifs is 2. The molecule has 8 nitrogen and oxygen atoms in total. The Kier molecular flexibility index (Phi) is 8.51. The molecule has 0 unspecified atom stereocenters. The zero-order valence-electron chi connectivity index (χ0n) is 20.8. The van der Waals surface area contributed by atoms with Crippen molar-refractivity contribution in [3.05, 3.63) is 67.0 Å². The van der Waals surface area contributed by atoms with E-state index in [4.69, 9.17) is 14.2 Å². The van der Waals surface area contributed by atoms with Gasteiger partial charge in [-0.15, -0.1) is 0 Å². The molecule has 2 saturated heterocycles. The summed E-state index contributed by atoms with van der Waals surface area (Å²) in [5, 5.41) is 0. The van der Waals surface area contributed by atoms with Crippen molar-refractivity contribution in [2.45, 2.75) is 44.4 Å². The van der Waals surface area contributed by atoms with E-state index in [1.165, 1.54) is 0 Å². The van der Waals surface area contributed by atoms with Gasteiger partial charge in [0.15, 0.2) is 17.0 Å². The number of ether oxygens (including phenoxy) is 3. The lowest BCUT2D eigenvalue weighted by Gasteiger charge is -2.20. The number of aromatic nitrogens is 4. The first-order chi connectivity index (χ1) is 18.4. The summed E-state index contributed by atoms with van der Waals surface area (Å²) in [7, 11) is 0. The lowest BCUT2D eigenvalue weighted by atomic mass is 9.97. The maximum absolute atomic E-state index is 14.4. The topological polar surface area (TPSA) is 82.3 Å². The molecule has 0 amide bonds. The van der Waals surface area contributed by atoms with Crippen LogP contribution in [0.5, 0.6) is 5.75 Å². The Morgan fingerprint density at radius 1 is 0.947 bits per heavy atom. The second kappa shape index (κ2) is 11.8. The molecule has 12 heteroatoms. The molecule has 1 N–H and O–H groups in total. The number of pyridine rings is 2. The number of rotatable bonds is 4. The molecular formula is C26H28Br2F2N4O4. The molecular weight excluding hydrogens is 630 g/mol. The van der Waals surface area contributed by atoms with Gasteiger partial charge in [0.05, 0.1) is 21.2 Å². The van der Waals surface area contributed by atoms with Gasteiger partial charge in [-0.1, -0.05) is 0 Å². The zero-order valence-corrected chi connectivity index (χ0v) is 24.0. The maximum Gasteiger partial charge on any atom is 0.233 e. The Hall–Kier alpha value is -2.28. The Balaban J connectivity index is 0.000000156. The van der Waals surface area contributed by atoms with Gasteiger partial charge in [0.2, 0.25) is 17.1 Å². The maximum atomic E-state index is 14.4. The van der Waals surface area contributed by atoms with Crippen molar-refractivity contribution < 1.29 is 23.0 Å². The van der Waals surface area contributed by atoms with Crippen LogP contribution in [-0.2, 0) is 9.47 Å². The third-order valence-corrected chi connectivity index (χ3v) is 8.01. The molecule has 6 heterocycles. The van der Waals surface area contributed by atoms with E-state index in [1.54, 1.807) is 21.2 Å². The van der Waals surface area contributed by atoms with E-state index < -0.39 is 17.1 Å². The van der Waals surface area contributed by atoms with Crippen molar-refractivity contribution in [3.63, 3.8) is 0 Å². The van der Waals surface area contributed by atoms with E-state index >= 15 is 0 Å². The van der Waals surface area contributed by atoms with Gasteiger partial charge in [-0.2, -0.15) is 8.78 Å². The Bertz CT molecular complexity index is 1490. The highest BCUT2D eigenvalue weighted by atomic mass is 79.9. The van der Waals surface area contributed by atoms with Crippen molar-refractivity contribution in [2.75, 3.05) is 33.0 Å². The molecule has 0 aromatic carbocycles. The van der Waals surface area contributed by atoms with E-state index in [0.29, 0.717) is 28.6 Å². The molecule has 6 rings (SSSR count). The van der Waals surface area contributed by atoms with Crippen LogP contribution in [0.4, 0.5) is 8.78 Å². The number of H-pyrrole nitrogens is 1. The van der Waals surface area contributed by atoms with Crippen LogP contribution in [-0.4, -0.2) is 51.8 Å². The van der Waals surface area contributed by atoms with Crippen LogP contribution in [0.15, 0.2) is 38.5 Å². The summed E-state index contributed by atoms with van der Waals surface area (Å²) in [5.41, 5.74) is 1.81. The first kappa shape index (κ1) is 27.3. The molecule has 204 valence electrons. The normalized spacial score (nSPS) is 17.1. The molecule has 2 aliphatic heterocycles. The molecule has 4 aromatic heterocycles. The Morgan fingerprint density at radius 3 is 2.24 bits per heavy atom. The number of halogens is 4. The van der Waals surface area contributed by atoms with Crippen LogP contribution in [0.2, 0.25) is 0 Å². The lowest BCUT2D eigenvalue weighted by molar-refractivity contribution is 0.0845. The monoisotopic (exact) mass is 656 g/mol. The molecule has 0 atom stereocenters. The van der Waals surface area contributed by atoms with Crippen LogP contribution in [0.3, 0.4) is 0 Å². The summed E-state index contributed by atoms with van der Waals surface area (Å²) < 4.78 is 48.4. The third-order valence-electron chi connectivity index (χ3n) is 6.88. The molecule has 2 aliphatic rings. The molecule has 0 spiro atoms. The fourth-order valence-electron chi connectivity index (χ4n) is 4.85. The first-order valence-electron chi connectivity index (χ1n) is 12.6. The fraction of sp³-hybridized carbons (Fsp3) is 0.462. The standard InChI is InChI=1S/C14H16BrFN2O2.C12H12BrFN2O2/c1-2-20-13-10(15)7-18-8-11(17-14(18)12(13)16)9-3-5-19-6-4-9;13-8-5-16-6-9(7-1-3-18-4-2-7)15-12(16)10(14)11(8)17/h7-9H,2-6H2,1H3;5-7,15H,1-4H2. The van der Waals surface area contributed by atoms with Gasteiger partial charge < -0.3 is 28.0 Å². The number of nitrogens with zero attached hydrogens (tertiary/aromatic N) is 3. The highest BCUT2D eigenvalue weighted by Gasteiger charge is 2.22. The zero-order chi connectivity index (χ0) is 26.8. The van der Waals surface area contributed by atoms with E-state index in [-0.39, 0.29) is 15.9 Å². The average molecular weight is 658 g/mol. The number of imidazole rings is 2. The molecule has 38 heavy (non-hydrogen) atoms. The van der Waals surface area contributed by atoms with Crippen molar-refractivity contribution >= 4 is 43.2 Å². The van der Waals surface area contributed by atoms with Gasteiger partial charge in [-0.3, -0.25) is 4.79 Å². The fourth-order valence-corrected chi connectivity index (χ4v) is 5.76. The van der Waals surface area contributed by atoms with E-state index in [1.807, 2.05) is 19.3 Å². The van der Waals surface area contributed by atoms with Gasteiger partial charge in [-0.25, -0.2) is 4.98 Å². The summed E-state index contributed by atoms with van der Waals surface area (Å²) in [4.78, 5) is 19.0. The summed E-state index contributed by atoms with van der Waals surface area (Å²) in [6.07, 6.45) is 10.8. The number of nitrogens with one attached hydrogen (secondary N) is 1. The highest BCUT2D eigenvalue weighted by Crippen LogP contribution is 2.33. The summed E-state index contributed by atoms with van der Waals surface area (Å²) in [6, 6.07) is 0. The summed E-state index contributed by atoms with van der Waals surface area (Å²) in [6.45, 7) is 5.19. The van der Waals surface area contributed by atoms with Crippen molar-refractivity contribution in [1.82, 2.24) is 18.8 Å². The molecule has 0 bridgehead atoms. The van der Waals surface area contributed by atoms with Crippen molar-refractivity contribution in [1.29, 1.82) is 0 Å². The van der Waals surface area contributed by atoms with Crippen LogP contribution in [0.25, 0.3) is 11.3 Å². The minimum Gasteiger partial charge on any atom is -0.489 e. The molecule has 0 saturated carbocycles. The quantitative estimate of drug-likeness (QED) is 0.293. The molecule has 0 radical (unpaired) electrons. The molecule has 0 aliphatic carbocycles. The minimum atomic E-state index is -0.748. The first-order valence-corrected chi connectivity index (χ1v) is 14.2. The Morgan fingerprint density at radius 2 is 1.58 bits per heavy atom. The average Bonchev–Trinajstić information content (AvgIpc) is 3.56. The van der Waals surface area contributed by atoms with Crippen LogP contribution in [0, 0.1) is 11.6 Å². The predicted octanol–water partition coefficient (Wildman–Crippen LogP) is 5.95. The van der Waals surface area contributed by atoms with E-state index in [2.05, 4.69) is 41.8 Å². The van der Waals surface area contributed by atoms with Crippen molar-refractivity contribution in [3.8, 4) is 5.75 Å². The molecule has 2 fully saturated rings. The molecule has 4 aromatic rings. The smallest absolute Gasteiger partial charge is 0.233 e. The largest absolute Gasteiger partial charge is 0.489 e. The van der Waals surface area contributed by atoms with Gasteiger partial charge in [0.25, 0.3) is 0 Å². The minimum absolute atomic E-state index is 0.226. The number of hydrogen-bond donors (Lipinski definition) is 1. The third kappa shape index (κ3) is 5.54. The summed E-state index contributed by atoms with van der Waals surface area (Å²) >= 11 is 6.41. The van der Waals surface area contributed by atoms with Crippen molar-refractivity contribution in [2.24, 2.45) is 0 Å².